The van der Waals surface area contributed by atoms with Crippen LogP contribution in [0.2, 0.25) is 5.02 Å². The number of hydrogen-bond donors (Lipinski definition) is 0. The number of benzene rings is 1. The normalized spacial score (nSPS) is 20.7. The molecule has 3 aliphatic heterocycles. The summed E-state index contributed by atoms with van der Waals surface area (Å²) in [4.78, 5) is 49.8. The van der Waals surface area contributed by atoms with Gasteiger partial charge in [0.1, 0.15) is 6.10 Å². The Labute approximate surface area is 304 Å². The summed E-state index contributed by atoms with van der Waals surface area (Å²) >= 11 is 12.1. The standard InChI is InChI=1S/C37H52BrClN4O4S/c1-23-10-11-27(18-29(23)39)43(35(46)47-28-12-16-41(17-13-28)24(2)44)15-9-14-40-19-25-21-42(22-26(25)20-40)34(45)30-31(38)33(37(6,7)8)48-32(30)36(3,4)5/h10-11,18,25-26,28H,9,12-17,19-22H2,1-8H3. The number of likely N-dealkylation sites (tertiary alicyclic amines) is 3. The molecule has 3 fully saturated rings. The molecule has 0 radical (unpaired) electrons. The second-order valence-electron chi connectivity index (χ2n) is 16.0. The van der Waals surface area contributed by atoms with Gasteiger partial charge in [-0.1, -0.05) is 59.2 Å². The molecule has 0 spiro atoms. The Kier molecular flexibility index (Phi) is 11.3. The highest BCUT2D eigenvalue weighted by molar-refractivity contribution is 9.10. The van der Waals surface area contributed by atoms with Crippen LogP contribution in [0, 0.1) is 18.8 Å². The first-order valence-electron chi connectivity index (χ1n) is 17.3. The lowest BCUT2D eigenvalue weighted by Crippen LogP contribution is -2.43. The van der Waals surface area contributed by atoms with Crippen LogP contribution < -0.4 is 4.90 Å². The molecule has 11 heteroatoms. The molecule has 4 heterocycles. The summed E-state index contributed by atoms with van der Waals surface area (Å²) in [6.45, 7) is 22.8. The van der Waals surface area contributed by atoms with Gasteiger partial charge in [0, 0.05) is 90.5 Å². The molecule has 2 aromatic rings. The molecule has 1 aromatic heterocycles. The van der Waals surface area contributed by atoms with Gasteiger partial charge < -0.3 is 19.4 Å². The van der Waals surface area contributed by atoms with Crippen LogP contribution >= 0.6 is 38.9 Å². The van der Waals surface area contributed by atoms with Gasteiger partial charge in [-0.2, -0.15) is 0 Å². The third-order valence-corrected chi connectivity index (χ3v) is 13.5. The van der Waals surface area contributed by atoms with E-state index in [1.165, 1.54) is 4.88 Å². The van der Waals surface area contributed by atoms with Gasteiger partial charge in [0.25, 0.3) is 5.91 Å². The maximum atomic E-state index is 14.1. The second-order valence-corrected chi connectivity index (χ2v) is 18.2. The van der Waals surface area contributed by atoms with Crippen molar-refractivity contribution in [3.8, 4) is 0 Å². The molecule has 0 bridgehead atoms. The Morgan fingerprint density at radius 2 is 1.56 bits per heavy atom. The third-order valence-electron chi connectivity index (χ3n) is 9.97. The van der Waals surface area contributed by atoms with E-state index in [0.717, 1.165) is 65.3 Å². The number of thiophene rings is 1. The Balaban J connectivity index is 1.18. The number of amides is 3. The minimum Gasteiger partial charge on any atom is -0.446 e. The van der Waals surface area contributed by atoms with E-state index in [-0.39, 0.29) is 34.8 Å². The van der Waals surface area contributed by atoms with E-state index >= 15 is 0 Å². The van der Waals surface area contributed by atoms with E-state index in [0.29, 0.717) is 49.3 Å². The fraction of sp³-hybridized carbons (Fsp3) is 0.649. The predicted octanol–water partition coefficient (Wildman–Crippen LogP) is 8.12. The molecular formula is C37H52BrClN4O4S. The Morgan fingerprint density at radius 3 is 2.10 bits per heavy atom. The highest BCUT2D eigenvalue weighted by Crippen LogP contribution is 2.46. The fourth-order valence-corrected chi connectivity index (χ4v) is 10.0. The number of aryl methyl sites for hydroxylation is 1. The second kappa shape index (κ2) is 14.6. The minimum atomic E-state index is -0.368. The molecule has 3 aliphatic rings. The largest absolute Gasteiger partial charge is 0.446 e. The van der Waals surface area contributed by atoms with Crippen LogP contribution in [-0.4, -0.2) is 91.1 Å². The van der Waals surface area contributed by atoms with Gasteiger partial charge >= 0.3 is 6.09 Å². The van der Waals surface area contributed by atoms with Gasteiger partial charge in [0.05, 0.1) is 5.56 Å². The quantitative estimate of drug-likeness (QED) is 0.285. The molecule has 2 atom stereocenters. The number of nitrogens with zero attached hydrogens (tertiary/aromatic N) is 4. The Morgan fingerprint density at radius 1 is 0.958 bits per heavy atom. The van der Waals surface area contributed by atoms with Crippen molar-refractivity contribution in [2.75, 3.05) is 57.3 Å². The van der Waals surface area contributed by atoms with Gasteiger partial charge in [-0.3, -0.25) is 14.5 Å². The predicted molar refractivity (Wildman–Crippen MR) is 199 cm³/mol. The van der Waals surface area contributed by atoms with Crippen LogP contribution in [-0.2, 0) is 20.4 Å². The lowest BCUT2D eigenvalue weighted by molar-refractivity contribution is -0.130. The molecule has 0 N–H and O–H groups in total. The molecule has 2 unspecified atom stereocenters. The Hall–Kier alpha value is -2.14. The lowest BCUT2D eigenvalue weighted by atomic mass is 9.89. The van der Waals surface area contributed by atoms with Gasteiger partial charge in [-0.05, 0) is 76.2 Å². The summed E-state index contributed by atoms with van der Waals surface area (Å²) in [5, 5.41) is 0.616. The summed E-state index contributed by atoms with van der Waals surface area (Å²) in [6, 6.07) is 5.69. The topological polar surface area (TPSA) is 73.4 Å². The van der Waals surface area contributed by atoms with E-state index in [1.807, 2.05) is 25.1 Å². The SMILES string of the molecule is CC(=O)N1CCC(OC(=O)N(CCCN2CC3CN(C(=O)c4c(C(C)(C)C)sc(C(C)(C)C)c4Br)CC3C2)c2ccc(C)c(Cl)c2)CC1. The number of fused-ring (bicyclic) bond motifs is 1. The van der Waals surface area contributed by atoms with Crippen LogP contribution in [0.25, 0.3) is 0 Å². The van der Waals surface area contributed by atoms with E-state index < -0.39 is 0 Å². The third kappa shape index (κ3) is 8.24. The summed E-state index contributed by atoms with van der Waals surface area (Å²) in [5.74, 6) is 1.10. The minimum absolute atomic E-state index is 0.0454. The van der Waals surface area contributed by atoms with E-state index in [2.05, 4.69) is 67.3 Å². The van der Waals surface area contributed by atoms with Crippen LogP contribution in [0.3, 0.4) is 0 Å². The van der Waals surface area contributed by atoms with Crippen LogP contribution in [0.15, 0.2) is 22.7 Å². The monoisotopic (exact) mass is 762 g/mol. The van der Waals surface area contributed by atoms with Crippen molar-refractivity contribution in [3.05, 3.63) is 48.6 Å². The van der Waals surface area contributed by atoms with Gasteiger partial charge in [0.2, 0.25) is 5.91 Å². The maximum Gasteiger partial charge on any atom is 0.414 e. The number of anilines is 1. The highest BCUT2D eigenvalue weighted by Gasteiger charge is 2.43. The van der Waals surface area contributed by atoms with Crippen molar-refractivity contribution >= 4 is 62.5 Å². The molecule has 0 aliphatic carbocycles. The average molecular weight is 764 g/mol. The van der Waals surface area contributed by atoms with Crippen molar-refractivity contribution in [2.24, 2.45) is 11.8 Å². The van der Waals surface area contributed by atoms with Crippen molar-refractivity contribution < 1.29 is 19.1 Å². The number of hydrogen-bond acceptors (Lipinski definition) is 6. The lowest BCUT2D eigenvalue weighted by Gasteiger charge is -2.32. The molecule has 48 heavy (non-hydrogen) atoms. The summed E-state index contributed by atoms with van der Waals surface area (Å²) in [5.41, 5.74) is 2.37. The zero-order valence-electron chi connectivity index (χ0n) is 29.8. The van der Waals surface area contributed by atoms with Crippen LogP contribution in [0.4, 0.5) is 10.5 Å². The number of ether oxygens (including phenoxy) is 1. The van der Waals surface area contributed by atoms with E-state index in [9.17, 15) is 14.4 Å². The van der Waals surface area contributed by atoms with E-state index in [1.54, 1.807) is 28.1 Å². The first-order valence-corrected chi connectivity index (χ1v) is 19.3. The molecule has 264 valence electrons. The first kappa shape index (κ1) is 37.1. The van der Waals surface area contributed by atoms with Gasteiger partial charge in [0.15, 0.2) is 0 Å². The molecule has 3 amide bonds. The number of carbonyl (C=O) groups is 3. The number of rotatable bonds is 7. The average Bonchev–Trinajstić information content (AvgIpc) is 3.68. The fourth-order valence-electron chi connectivity index (χ4n) is 7.23. The summed E-state index contributed by atoms with van der Waals surface area (Å²) in [6.07, 6.45) is 1.49. The number of carbonyl (C=O) groups excluding carboxylic acids is 3. The van der Waals surface area contributed by atoms with Gasteiger partial charge in [-0.15, -0.1) is 11.3 Å². The smallest absolute Gasteiger partial charge is 0.414 e. The molecular weight excluding hydrogens is 712 g/mol. The zero-order chi connectivity index (χ0) is 35.1. The molecule has 5 rings (SSSR count). The van der Waals surface area contributed by atoms with Gasteiger partial charge in [-0.25, -0.2) is 4.79 Å². The van der Waals surface area contributed by atoms with Crippen molar-refractivity contribution in [2.45, 2.75) is 91.6 Å². The summed E-state index contributed by atoms with van der Waals surface area (Å²) < 4.78 is 6.94. The van der Waals surface area contributed by atoms with Crippen molar-refractivity contribution in [1.82, 2.24) is 14.7 Å². The zero-order valence-corrected chi connectivity index (χ0v) is 33.0. The Bertz CT molecular complexity index is 1510. The molecule has 0 saturated carbocycles. The van der Waals surface area contributed by atoms with Crippen LogP contribution in [0.5, 0.6) is 0 Å². The van der Waals surface area contributed by atoms with Crippen molar-refractivity contribution in [3.63, 3.8) is 0 Å². The van der Waals surface area contributed by atoms with Crippen LogP contribution in [0.1, 0.15) is 93.4 Å². The maximum absolute atomic E-state index is 14.1. The molecule has 8 nitrogen and oxygen atoms in total. The summed E-state index contributed by atoms with van der Waals surface area (Å²) in [7, 11) is 0. The van der Waals surface area contributed by atoms with Crippen molar-refractivity contribution in [1.29, 1.82) is 0 Å². The first-order chi connectivity index (χ1) is 22.4. The number of piperidine rings is 1. The number of halogens is 2. The highest BCUT2D eigenvalue weighted by atomic mass is 79.9. The molecule has 3 saturated heterocycles. The van der Waals surface area contributed by atoms with E-state index in [4.69, 9.17) is 16.3 Å². The molecule has 1 aromatic carbocycles.